The second-order valence-electron chi connectivity index (χ2n) is 16.4. The van der Waals surface area contributed by atoms with Crippen molar-refractivity contribution in [2.45, 2.75) is 131 Å². The first kappa shape index (κ1) is 47.8. The second-order valence-corrected chi connectivity index (χ2v) is 16.4. The number of primary amides is 1. The zero-order chi connectivity index (χ0) is 42.8. The van der Waals surface area contributed by atoms with Crippen LogP contribution in [0.15, 0.2) is 63.5 Å². The van der Waals surface area contributed by atoms with Crippen LogP contribution in [0.2, 0.25) is 0 Å². The molecule has 1 fully saturated rings. The Morgan fingerprint density at radius 3 is 2.42 bits per heavy atom. The molecule has 320 valence electrons. The van der Waals surface area contributed by atoms with E-state index in [1.165, 1.54) is 6.92 Å². The van der Waals surface area contributed by atoms with Crippen LogP contribution in [-0.2, 0) is 33.3 Å². The van der Waals surface area contributed by atoms with Gasteiger partial charge in [0.25, 0.3) is 5.79 Å². The van der Waals surface area contributed by atoms with Gasteiger partial charge in [-0.3, -0.25) is 19.4 Å². The van der Waals surface area contributed by atoms with Crippen LogP contribution < -0.4 is 16.4 Å². The first-order valence-corrected chi connectivity index (χ1v) is 20.5. The smallest absolute Gasteiger partial charge is 0.302 e. The van der Waals surface area contributed by atoms with Crippen LogP contribution in [0.3, 0.4) is 0 Å². The molecule has 0 aromatic heterocycles. The minimum atomic E-state index is -1.60. The zero-order valence-electron chi connectivity index (χ0n) is 36.1. The van der Waals surface area contributed by atoms with Crippen LogP contribution in [0, 0.1) is 29.6 Å². The Bertz CT molecular complexity index is 1620. The summed E-state index contributed by atoms with van der Waals surface area (Å²) < 4.78 is 24.7. The summed E-state index contributed by atoms with van der Waals surface area (Å²) in [6.45, 7) is 25.2. The fourth-order valence-corrected chi connectivity index (χ4v) is 8.08. The number of aliphatic hydroxyl groups excluding tert-OH is 2. The molecule has 13 nitrogen and oxygen atoms in total. The molecule has 6 N–H and O–H groups in total. The van der Waals surface area contributed by atoms with Gasteiger partial charge in [-0.25, -0.2) is 0 Å². The van der Waals surface area contributed by atoms with Crippen molar-refractivity contribution < 1.29 is 43.5 Å². The van der Waals surface area contributed by atoms with Crippen molar-refractivity contribution >= 4 is 23.4 Å². The van der Waals surface area contributed by atoms with Crippen molar-refractivity contribution in [1.82, 2.24) is 10.6 Å². The molecule has 57 heavy (non-hydrogen) atoms. The molecule has 3 rings (SSSR count). The molecule has 0 bridgehead atoms. The number of nitrogens with two attached hydrogens (primary N) is 1. The third-order valence-corrected chi connectivity index (χ3v) is 11.8. The number of aliphatic hydroxyl groups is 2. The number of methoxy groups -OCH3 is 1. The molecule has 0 spiro atoms. The second kappa shape index (κ2) is 21.4. The lowest BCUT2D eigenvalue weighted by atomic mass is 9.78. The average molecular weight is 799 g/mol. The molecule has 11 atom stereocenters. The van der Waals surface area contributed by atoms with Gasteiger partial charge in [0.2, 0.25) is 11.7 Å². The van der Waals surface area contributed by atoms with Gasteiger partial charge in [0.15, 0.2) is 0 Å². The molecule has 3 aliphatic rings. The van der Waals surface area contributed by atoms with Crippen LogP contribution in [0.1, 0.15) is 94.9 Å². The monoisotopic (exact) mass is 799 g/mol. The molecular formula is C44H70N4O9. The highest BCUT2D eigenvalue weighted by Crippen LogP contribution is 2.45. The summed E-state index contributed by atoms with van der Waals surface area (Å²) in [6.07, 6.45) is 3.69. The van der Waals surface area contributed by atoms with Crippen LogP contribution in [-0.4, -0.2) is 103 Å². The van der Waals surface area contributed by atoms with Gasteiger partial charge in [0.05, 0.1) is 41.4 Å². The van der Waals surface area contributed by atoms with Gasteiger partial charge in [-0.2, -0.15) is 0 Å². The van der Waals surface area contributed by atoms with Crippen molar-refractivity contribution in [3.63, 3.8) is 0 Å². The Morgan fingerprint density at radius 2 is 1.81 bits per heavy atom. The van der Waals surface area contributed by atoms with E-state index in [1.54, 1.807) is 53.0 Å². The number of ketones is 1. The Hall–Kier alpha value is -3.62. The van der Waals surface area contributed by atoms with Crippen molar-refractivity contribution in [2.24, 2.45) is 40.3 Å². The van der Waals surface area contributed by atoms with E-state index in [0.717, 1.165) is 37.2 Å². The van der Waals surface area contributed by atoms with Crippen molar-refractivity contribution in [1.29, 1.82) is 0 Å². The quantitative estimate of drug-likeness (QED) is 0.0644. The highest BCUT2D eigenvalue weighted by molar-refractivity contribution is 6.19. The maximum Gasteiger partial charge on any atom is 0.302 e. The Labute approximate surface area is 340 Å². The molecule has 13 heteroatoms. The molecular weight excluding hydrogens is 729 g/mol. The molecule has 1 saturated heterocycles. The summed E-state index contributed by atoms with van der Waals surface area (Å²) in [6, 6.07) is 0. The first-order chi connectivity index (χ1) is 26.8. The number of ether oxygens (including phenoxy) is 4. The van der Waals surface area contributed by atoms with Gasteiger partial charge in [-0.05, 0) is 70.2 Å². The normalized spacial score (nSPS) is 25.5. The van der Waals surface area contributed by atoms with E-state index >= 15 is 0 Å². The Morgan fingerprint density at radius 1 is 1.12 bits per heavy atom. The molecule has 1 aliphatic carbocycles. The van der Waals surface area contributed by atoms with Gasteiger partial charge in [0, 0.05) is 69.7 Å². The van der Waals surface area contributed by atoms with E-state index in [-0.39, 0.29) is 11.7 Å². The summed E-state index contributed by atoms with van der Waals surface area (Å²) in [7, 11) is 1.56. The molecule has 0 radical (unpaired) electrons. The fourth-order valence-electron chi connectivity index (χ4n) is 8.08. The van der Waals surface area contributed by atoms with Gasteiger partial charge in [-0.1, -0.05) is 59.4 Å². The molecule has 1 amide bonds. The molecule has 2 aliphatic heterocycles. The summed E-state index contributed by atoms with van der Waals surface area (Å²) in [5.74, 6) is -3.97. The van der Waals surface area contributed by atoms with Gasteiger partial charge in [0.1, 0.15) is 11.9 Å². The van der Waals surface area contributed by atoms with Gasteiger partial charge >= 0.3 is 5.97 Å². The molecule has 0 aromatic rings. The van der Waals surface area contributed by atoms with Crippen LogP contribution in [0.4, 0.5) is 0 Å². The van der Waals surface area contributed by atoms with Crippen molar-refractivity contribution in [3.8, 4) is 0 Å². The fraction of sp³-hybridized carbons (Fsp3) is 0.682. The van der Waals surface area contributed by atoms with E-state index < -0.39 is 65.9 Å². The minimum absolute atomic E-state index is 0.270. The van der Waals surface area contributed by atoms with Crippen LogP contribution in [0.5, 0.6) is 0 Å². The SMILES string of the molecule is C=C1NCC(CNCC)CCN=C1C1=C2C(=O)[C@@](C)(OC(C)C[C@H](OC)[C@@H](C)[C@@H](OC(C)=O)[C@H](C)[C@H](O)[C@H](C)[C@@H](O)[C@@H](C)/C=C/C=C(/C)C(N)=O)OC2=C(C)CC1. The minimum Gasteiger partial charge on any atom is -0.462 e. The maximum absolute atomic E-state index is 14.4. The third-order valence-electron chi connectivity index (χ3n) is 11.8. The number of nitrogens with one attached hydrogen (secondary N) is 2. The van der Waals surface area contributed by atoms with E-state index in [2.05, 4.69) is 24.1 Å². The number of hydrogen-bond donors (Lipinski definition) is 5. The lowest BCUT2D eigenvalue weighted by Gasteiger charge is -2.39. The molecule has 2 unspecified atom stereocenters. The Balaban J connectivity index is 1.78. The number of nitrogens with zero attached hydrogens (tertiary/aromatic N) is 1. The number of rotatable bonds is 20. The van der Waals surface area contributed by atoms with Crippen LogP contribution in [0.25, 0.3) is 0 Å². The van der Waals surface area contributed by atoms with Gasteiger partial charge < -0.3 is 45.5 Å². The molecule has 2 heterocycles. The summed E-state index contributed by atoms with van der Waals surface area (Å²) in [5.41, 5.74) is 9.38. The maximum atomic E-state index is 14.4. The summed E-state index contributed by atoms with van der Waals surface area (Å²) in [4.78, 5) is 43.1. The van der Waals surface area contributed by atoms with E-state index in [0.29, 0.717) is 60.0 Å². The molecule has 0 aromatic carbocycles. The number of fused-ring (bicyclic) bond motifs is 1. The average Bonchev–Trinajstić information content (AvgIpc) is 3.42. The predicted octanol–water partition coefficient (Wildman–Crippen LogP) is 4.84. The number of esters is 1. The first-order valence-electron chi connectivity index (χ1n) is 20.5. The topological polar surface area (TPSA) is 191 Å². The summed E-state index contributed by atoms with van der Waals surface area (Å²) in [5, 5.41) is 29.6. The van der Waals surface area contributed by atoms with Gasteiger partial charge in [-0.15, -0.1) is 0 Å². The Kier molecular flexibility index (Phi) is 17.9. The van der Waals surface area contributed by atoms with E-state index in [4.69, 9.17) is 29.7 Å². The number of allylic oxidation sites excluding steroid dienone is 5. The van der Waals surface area contributed by atoms with E-state index in [1.807, 2.05) is 27.7 Å². The largest absolute Gasteiger partial charge is 0.462 e. The van der Waals surface area contributed by atoms with E-state index in [9.17, 15) is 24.6 Å². The van der Waals surface area contributed by atoms with Crippen molar-refractivity contribution in [2.75, 3.05) is 33.3 Å². The number of hydrogen-bond acceptors (Lipinski definition) is 12. The lowest BCUT2D eigenvalue weighted by Crippen LogP contribution is -2.47. The lowest BCUT2D eigenvalue weighted by molar-refractivity contribution is -0.211. The third kappa shape index (κ3) is 12.2. The summed E-state index contributed by atoms with van der Waals surface area (Å²) >= 11 is 0. The van der Waals surface area contributed by atoms with Crippen molar-refractivity contribution in [3.05, 3.63) is 58.6 Å². The molecule has 0 saturated carbocycles. The van der Waals surface area contributed by atoms with Crippen LogP contribution >= 0.6 is 0 Å². The standard InChI is InChI=1S/C44H70N4O9/c1-13-46-22-33-19-20-47-37(31(9)48-23-33)34-18-17-25(3)40-36(34)42(52)44(11,57-40)56-27(5)21-35(54-12)28(6)41(55-32(10)49)30(8)39(51)29(7)38(50)24(2)15-14-16-26(4)43(45)53/h14-16,24,27-30,33,35,38-39,41,46,48,50-51H,9,13,17-23H2,1-8,10-12H3,(H2,45,53)/b15-14+,26-16-,47-37?/t24-,27?,28+,29+,30+,33?,35-,38-,39+,41+,44-/m0/s1. The number of carbonyl (C=O) groups is 3. The highest BCUT2D eigenvalue weighted by atomic mass is 16.7. The zero-order valence-corrected chi connectivity index (χ0v) is 36.1. The number of amides is 1. The number of Topliss-reactive ketones (excluding diaryl/α,β-unsaturated/α-hetero) is 1. The highest BCUT2D eigenvalue weighted by Gasteiger charge is 2.52. The number of aliphatic imine (C=N–C) groups is 1. The predicted molar refractivity (Wildman–Crippen MR) is 222 cm³/mol. The number of carbonyl (C=O) groups excluding carboxylic acids is 3.